The fourth-order valence-corrected chi connectivity index (χ4v) is 2.13. The molecule has 110 valence electrons. The molecule has 0 spiro atoms. The quantitative estimate of drug-likeness (QED) is 0.681. The minimum atomic E-state index is 0.180. The van der Waals surface area contributed by atoms with Crippen LogP contribution in [-0.2, 0) is 11.3 Å². The molecule has 1 aromatic carbocycles. The highest BCUT2D eigenvalue weighted by Crippen LogP contribution is 2.06. The second-order valence-electron chi connectivity index (χ2n) is 5.15. The SMILES string of the molecule is C=C(C)CN(CC)CC(=O)N(CC)Cc1ccccc1. The lowest BCUT2D eigenvalue weighted by molar-refractivity contribution is -0.132. The fraction of sp³-hybridized carbons (Fsp3) is 0.471. The lowest BCUT2D eigenvalue weighted by atomic mass is 10.2. The molecule has 1 rings (SSSR count). The largest absolute Gasteiger partial charge is 0.338 e. The molecule has 0 N–H and O–H groups in total. The van der Waals surface area contributed by atoms with E-state index in [9.17, 15) is 4.79 Å². The molecule has 0 unspecified atom stereocenters. The predicted octanol–water partition coefficient (Wildman–Crippen LogP) is 2.93. The van der Waals surface area contributed by atoms with E-state index < -0.39 is 0 Å². The monoisotopic (exact) mass is 274 g/mol. The molecule has 0 aromatic heterocycles. The fourth-order valence-electron chi connectivity index (χ4n) is 2.13. The summed E-state index contributed by atoms with van der Waals surface area (Å²) in [6, 6.07) is 10.1. The molecule has 0 saturated carbocycles. The highest BCUT2D eigenvalue weighted by Gasteiger charge is 2.15. The highest BCUT2D eigenvalue weighted by atomic mass is 16.2. The van der Waals surface area contributed by atoms with Gasteiger partial charge in [0.1, 0.15) is 0 Å². The summed E-state index contributed by atoms with van der Waals surface area (Å²) in [5.41, 5.74) is 2.26. The third-order valence-electron chi connectivity index (χ3n) is 3.25. The number of amides is 1. The first-order valence-corrected chi connectivity index (χ1v) is 7.25. The van der Waals surface area contributed by atoms with Gasteiger partial charge in [-0.2, -0.15) is 0 Å². The molecular weight excluding hydrogens is 248 g/mol. The maximum absolute atomic E-state index is 12.4. The van der Waals surface area contributed by atoms with Crippen LogP contribution in [0.3, 0.4) is 0 Å². The highest BCUT2D eigenvalue weighted by molar-refractivity contribution is 5.78. The van der Waals surface area contributed by atoms with Gasteiger partial charge in [-0.15, -0.1) is 0 Å². The first kappa shape index (κ1) is 16.4. The van der Waals surface area contributed by atoms with Crippen LogP contribution in [0.2, 0.25) is 0 Å². The lowest BCUT2D eigenvalue weighted by Crippen LogP contribution is -2.40. The van der Waals surface area contributed by atoms with Crippen LogP contribution in [0.25, 0.3) is 0 Å². The molecule has 0 aliphatic rings. The van der Waals surface area contributed by atoms with Crippen molar-refractivity contribution in [3.63, 3.8) is 0 Å². The van der Waals surface area contributed by atoms with Crippen LogP contribution in [-0.4, -0.2) is 41.9 Å². The molecular formula is C17H26N2O. The van der Waals surface area contributed by atoms with E-state index >= 15 is 0 Å². The maximum atomic E-state index is 12.4. The van der Waals surface area contributed by atoms with Gasteiger partial charge < -0.3 is 4.90 Å². The molecule has 0 radical (unpaired) electrons. The molecule has 20 heavy (non-hydrogen) atoms. The Kier molecular flexibility index (Phi) is 7.02. The van der Waals surface area contributed by atoms with Gasteiger partial charge in [0.05, 0.1) is 6.54 Å². The lowest BCUT2D eigenvalue weighted by Gasteiger charge is -2.26. The number of rotatable bonds is 8. The molecule has 0 aliphatic heterocycles. The van der Waals surface area contributed by atoms with Gasteiger partial charge in [0.25, 0.3) is 0 Å². The van der Waals surface area contributed by atoms with Crippen LogP contribution < -0.4 is 0 Å². The minimum absolute atomic E-state index is 0.180. The number of carbonyl (C=O) groups excluding carboxylic acids is 1. The van der Waals surface area contributed by atoms with E-state index in [2.05, 4.69) is 30.5 Å². The standard InChI is InChI=1S/C17H26N2O/c1-5-18(12-15(3)4)14-17(20)19(6-2)13-16-10-8-7-9-11-16/h7-11H,3,5-6,12-14H2,1-2,4H3. The van der Waals surface area contributed by atoms with Crippen molar-refractivity contribution in [3.8, 4) is 0 Å². The maximum Gasteiger partial charge on any atom is 0.237 e. The summed E-state index contributed by atoms with van der Waals surface area (Å²) in [5.74, 6) is 0.180. The van der Waals surface area contributed by atoms with Crippen molar-refractivity contribution >= 4 is 5.91 Å². The Morgan fingerprint density at radius 2 is 1.75 bits per heavy atom. The first-order valence-electron chi connectivity index (χ1n) is 7.25. The Balaban J connectivity index is 2.60. The number of hydrogen-bond donors (Lipinski definition) is 0. The summed E-state index contributed by atoms with van der Waals surface area (Å²) in [4.78, 5) is 16.4. The first-order chi connectivity index (χ1) is 9.56. The van der Waals surface area contributed by atoms with Crippen LogP contribution >= 0.6 is 0 Å². The predicted molar refractivity (Wildman–Crippen MR) is 84.5 cm³/mol. The Morgan fingerprint density at radius 1 is 1.10 bits per heavy atom. The second-order valence-corrected chi connectivity index (χ2v) is 5.15. The van der Waals surface area contributed by atoms with Gasteiger partial charge in [0.2, 0.25) is 5.91 Å². The van der Waals surface area contributed by atoms with Gasteiger partial charge in [0, 0.05) is 19.6 Å². The normalized spacial score (nSPS) is 10.6. The van der Waals surface area contributed by atoms with Gasteiger partial charge >= 0.3 is 0 Å². The Hall–Kier alpha value is -1.61. The zero-order chi connectivity index (χ0) is 15.0. The molecule has 3 nitrogen and oxygen atoms in total. The van der Waals surface area contributed by atoms with Crippen molar-refractivity contribution in [3.05, 3.63) is 48.0 Å². The number of carbonyl (C=O) groups is 1. The average molecular weight is 274 g/mol. The molecule has 0 aliphatic carbocycles. The van der Waals surface area contributed by atoms with Crippen molar-refractivity contribution in [1.29, 1.82) is 0 Å². The number of benzene rings is 1. The molecule has 0 saturated heterocycles. The molecule has 0 fully saturated rings. The van der Waals surface area contributed by atoms with Crippen LogP contribution in [0, 0.1) is 0 Å². The van der Waals surface area contributed by atoms with Crippen molar-refractivity contribution < 1.29 is 4.79 Å². The second kappa shape index (κ2) is 8.54. The summed E-state index contributed by atoms with van der Waals surface area (Å²) in [6.07, 6.45) is 0. The third kappa shape index (κ3) is 5.57. The van der Waals surface area contributed by atoms with E-state index in [-0.39, 0.29) is 5.91 Å². The zero-order valence-electron chi connectivity index (χ0n) is 12.9. The van der Waals surface area contributed by atoms with Gasteiger partial charge in [-0.25, -0.2) is 0 Å². The Labute approximate surface area is 122 Å². The van der Waals surface area contributed by atoms with Gasteiger partial charge in [0.15, 0.2) is 0 Å². The molecule has 0 heterocycles. The van der Waals surface area contributed by atoms with E-state index in [1.807, 2.05) is 36.9 Å². The summed E-state index contributed by atoms with van der Waals surface area (Å²) in [6.45, 7) is 13.5. The summed E-state index contributed by atoms with van der Waals surface area (Å²) >= 11 is 0. The minimum Gasteiger partial charge on any atom is -0.338 e. The Bertz CT molecular complexity index is 428. The van der Waals surface area contributed by atoms with Crippen molar-refractivity contribution in [2.75, 3.05) is 26.2 Å². The Morgan fingerprint density at radius 3 is 2.25 bits per heavy atom. The molecule has 3 heteroatoms. The summed E-state index contributed by atoms with van der Waals surface area (Å²) < 4.78 is 0. The molecule has 0 atom stereocenters. The van der Waals surface area contributed by atoms with E-state index in [0.717, 1.165) is 25.2 Å². The molecule has 1 aromatic rings. The molecule has 0 bridgehead atoms. The van der Waals surface area contributed by atoms with E-state index in [1.165, 1.54) is 5.56 Å². The number of nitrogens with zero attached hydrogens (tertiary/aromatic N) is 2. The summed E-state index contributed by atoms with van der Waals surface area (Å²) in [7, 11) is 0. The number of hydrogen-bond acceptors (Lipinski definition) is 2. The van der Waals surface area contributed by atoms with Crippen LogP contribution in [0.5, 0.6) is 0 Å². The van der Waals surface area contributed by atoms with Gasteiger partial charge in [-0.05, 0) is 26.0 Å². The average Bonchev–Trinajstić information content (AvgIpc) is 2.44. The van der Waals surface area contributed by atoms with Gasteiger partial charge in [-0.3, -0.25) is 9.69 Å². The molecule has 1 amide bonds. The van der Waals surface area contributed by atoms with Crippen molar-refractivity contribution in [1.82, 2.24) is 9.80 Å². The van der Waals surface area contributed by atoms with Crippen LogP contribution in [0.1, 0.15) is 26.3 Å². The van der Waals surface area contributed by atoms with Crippen molar-refractivity contribution in [2.45, 2.75) is 27.3 Å². The smallest absolute Gasteiger partial charge is 0.237 e. The van der Waals surface area contributed by atoms with E-state index in [1.54, 1.807) is 0 Å². The van der Waals surface area contributed by atoms with Crippen molar-refractivity contribution in [2.24, 2.45) is 0 Å². The van der Waals surface area contributed by atoms with Gasteiger partial charge in [-0.1, -0.05) is 49.4 Å². The zero-order valence-corrected chi connectivity index (χ0v) is 12.9. The third-order valence-corrected chi connectivity index (χ3v) is 3.25. The van der Waals surface area contributed by atoms with Crippen LogP contribution in [0.4, 0.5) is 0 Å². The summed E-state index contributed by atoms with van der Waals surface area (Å²) in [5, 5.41) is 0. The number of likely N-dealkylation sites (N-methyl/N-ethyl adjacent to an activating group) is 2. The topological polar surface area (TPSA) is 23.6 Å². The van der Waals surface area contributed by atoms with E-state index in [4.69, 9.17) is 0 Å². The van der Waals surface area contributed by atoms with Crippen LogP contribution in [0.15, 0.2) is 42.5 Å². The van der Waals surface area contributed by atoms with E-state index in [0.29, 0.717) is 13.1 Å².